The summed E-state index contributed by atoms with van der Waals surface area (Å²) in [5, 5.41) is 0. The van der Waals surface area contributed by atoms with Gasteiger partial charge in [-0.05, 0) is 112 Å². The second-order valence-corrected chi connectivity index (χ2v) is 19.8. The summed E-state index contributed by atoms with van der Waals surface area (Å²) < 4.78 is 142. The van der Waals surface area contributed by atoms with E-state index >= 15 is 0 Å². The maximum atomic E-state index is 13.2. The molecule has 16 nitrogen and oxygen atoms in total. The molecule has 1 unspecified atom stereocenters. The Kier molecular flexibility index (Phi) is 667. The van der Waals surface area contributed by atoms with Gasteiger partial charge in [0.1, 0.15) is 37.6 Å². The zero-order valence-electron chi connectivity index (χ0n) is 70.8. The first kappa shape index (κ1) is 404. The Labute approximate surface area is 1490 Å². The van der Waals surface area contributed by atoms with Gasteiger partial charge in [-0.3, -0.25) is 9.59 Å². The second-order valence-electron chi connectivity index (χ2n) is 19.8. The minimum Gasteiger partial charge on any atom is -0.459 e. The first-order chi connectivity index (χ1) is 33.6. The van der Waals surface area contributed by atoms with Crippen LogP contribution in [0.4, 0.5) is 35.1 Å². The summed E-state index contributed by atoms with van der Waals surface area (Å²) in [6, 6.07) is 0. The maximum absolute atomic E-state index is 13.2. The number of halogens is 8. The van der Waals surface area contributed by atoms with Gasteiger partial charge in [-0.1, -0.05) is 33.9 Å². The number of esters is 8. The quantitative estimate of drug-likeness (QED) is 0.0360. The van der Waals surface area contributed by atoms with Crippen LogP contribution < -0.4 is 0 Å². The number of hydrogen-bond acceptors (Lipinski definition) is 16. The molecule has 0 heterocycles. The molecule has 2 fully saturated rings. The molecular formula is C50H74F8O16V59. The molecule has 0 amide bonds. The first-order valence-electron chi connectivity index (χ1n) is 24.0. The van der Waals surface area contributed by atoms with Gasteiger partial charge in [-0.15, -0.1) is 0 Å². The smallest absolute Gasteiger partial charge is 0.376 e. The summed E-state index contributed by atoms with van der Waals surface area (Å²) in [6.45, 7) is 17.6. The molecule has 0 bridgehead atoms. The molecule has 0 aromatic rings. The molecule has 2 rings (SSSR count). The summed E-state index contributed by atoms with van der Waals surface area (Å²) in [5.41, 5.74) is -2.74. The van der Waals surface area contributed by atoms with Crippen molar-refractivity contribution in [1.29, 1.82) is 0 Å². The summed E-state index contributed by atoms with van der Waals surface area (Å²) in [7, 11) is 0. The molecule has 59 radical (unpaired) electrons. The van der Waals surface area contributed by atoms with Crippen molar-refractivity contribution in [2.45, 2.75) is 207 Å². The Hall–Kier alpha value is 29.2. The zero-order chi connectivity index (χ0) is 57.9. The van der Waals surface area contributed by atoms with Crippen molar-refractivity contribution in [3.05, 3.63) is 24.3 Å². The Bertz CT molecular complexity index is 2020. The largest absolute Gasteiger partial charge is 0.459 e. The minimum absolute atomic E-state index is 0. The van der Waals surface area contributed by atoms with Crippen molar-refractivity contribution < 1.29 is 1210 Å². The molecule has 2 aliphatic carbocycles. The van der Waals surface area contributed by atoms with Crippen molar-refractivity contribution >= 4 is 47.8 Å². The maximum Gasteiger partial charge on any atom is 0.376 e. The van der Waals surface area contributed by atoms with Crippen LogP contribution in [0.2, 0.25) is 0 Å². The molecule has 2 aliphatic rings. The van der Waals surface area contributed by atoms with Gasteiger partial charge in [0, 0.05) is 1130 Å². The molecule has 0 aromatic heterocycles. The van der Waals surface area contributed by atoms with Gasteiger partial charge in [-0.2, -0.15) is 35.1 Å². The predicted molar refractivity (Wildman–Crippen MR) is 248 cm³/mol. The van der Waals surface area contributed by atoms with E-state index in [1.54, 1.807) is 27.7 Å². The van der Waals surface area contributed by atoms with Gasteiger partial charge in [-0.25, -0.2) is 28.8 Å². The summed E-state index contributed by atoms with van der Waals surface area (Å²) in [4.78, 5) is 93.8. The third-order valence-electron chi connectivity index (χ3n) is 11.9. The van der Waals surface area contributed by atoms with E-state index < -0.39 is 121 Å². The molecule has 0 saturated heterocycles. The summed E-state index contributed by atoms with van der Waals surface area (Å²) in [6.07, 6.45) is 6.33. The van der Waals surface area contributed by atoms with Gasteiger partial charge in [0.25, 0.3) is 0 Å². The Morgan fingerprint density at radius 2 is 0.429 bits per heavy atom. The first-order valence-corrected chi connectivity index (χ1v) is 24.0. The standard InChI is InChI=1S/C26H40F4O8.C13H16F4O6.C11H18O2.59V/c1-8-23(5,16-22(3,4)18(31)38-26(9-2)12-10-11-13-26)19(32)37-17(14-35-20(33)24(6,27)28)15-36-21(34)25(7,29)30;1-7(2)9(18)23-8(5-21-10(19)12(3,14)15)6-22-11(20)13(4,16)17;1-4-11(7-5-6-8-11)13-10(12)9(2)3;;;;;;;;;;;;;;;;;;;;;;;;;;;;;;;;;;;;;;;;;;;;;;;;;;;;;;;;;;;/h17H,8-16H2,1-7H3;8H,1,5-6H2,2-4H3;2,4-8H2,1,3H3;;;;;;;;;;;;;;;;;;;;;;;;;;;;;;;;;;;;;;;;;;;;;;;;;;;;;;;;;;;. The van der Waals surface area contributed by atoms with Crippen LogP contribution in [0.1, 0.15) is 160 Å². The average Bonchev–Trinajstić information content (AvgIpc) is 1.20. The van der Waals surface area contributed by atoms with Crippen LogP contribution in [-0.4, -0.2) is 121 Å². The fraction of sp³-hybridized carbons (Fsp3) is 0.760. The van der Waals surface area contributed by atoms with Crippen LogP contribution >= 0.6 is 0 Å². The van der Waals surface area contributed by atoms with Crippen LogP contribution in [0.15, 0.2) is 24.3 Å². The van der Waals surface area contributed by atoms with E-state index in [-0.39, 0.29) is 1150 Å². The molecule has 0 spiro atoms. The third-order valence-corrected chi connectivity index (χ3v) is 11.9. The molecule has 83 heteroatoms. The minimum atomic E-state index is -3.86. The molecule has 721 valence electrons. The number of rotatable bonds is 25. The van der Waals surface area contributed by atoms with E-state index in [0.717, 1.165) is 44.9 Å². The van der Waals surface area contributed by atoms with E-state index in [1.165, 1.54) is 26.7 Å². The zero-order valence-corrected chi connectivity index (χ0v) is 153. The van der Waals surface area contributed by atoms with Crippen LogP contribution in [0.3, 0.4) is 0 Å². The van der Waals surface area contributed by atoms with Crippen molar-refractivity contribution in [3.8, 4) is 0 Å². The molecule has 0 aromatic carbocycles. The molecular weight excluding hydrogens is 4010 g/mol. The molecule has 133 heavy (non-hydrogen) atoms. The van der Waals surface area contributed by atoms with Crippen LogP contribution in [0.5, 0.6) is 0 Å². The number of carbonyl (C=O) groups is 8. The van der Waals surface area contributed by atoms with E-state index in [1.807, 2.05) is 6.92 Å². The fourth-order valence-corrected chi connectivity index (χ4v) is 7.06. The van der Waals surface area contributed by atoms with Crippen molar-refractivity contribution in [3.63, 3.8) is 0 Å². The second kappa shape index (κ2) is 220. The monoisotopic (exact) mass is 4090 g/mol. The number of carbonyl (C=O) groups excluding carboxylic acids is 8. The molecule has 0 N–H and O–H groups in total. The fourth-order valence-electron chi connectivity index (χ4n) is 7.06. The van der Waals surface area contributed by atoms with Crippen LogP contribution in [0, 0.1) is 10.8 Å². The Balaban J connectivity index is -0.00000000892. The summed E-state index contributed by atoms with van der Waals surface area (Å²) in [5.74, 6) is -25.7. The number of hydrogen-bond donors (Lipinski definition) is 0. The van der Waals surface area contributed by atoms with Crippen molar-refractivity contribution in [1.82, 2.24) is 0 Å². The number of alkyl halides is 8. The van der Waals surface area contributed by atoms with Crippen molar-refractivity contribution in [2.24, 2.45) is 10.8 Å². The molecule has 2 saturated carbocycles. The topological polar surface area (TPSA) is 210 Å². The van der Waals surface area contributed by atoms with Gasteiger partial charge in [0.2, 0.25) is 0 Å². The van der Waals surface area contributed by atoms with Crippen molar-refractivity contribution in [2.75, 3.05) is 26.4 Å². The normalized spacial score (nSPS) is 8.98. The van der Waals surface area contributed by atoms with Gasteiger partial charge in [0.05, 0.1) is 10.8 Å². The summed E-state index contributed by atoms with van der Waals surface area (Å²) >= 11 is 0. The third kappa shape index (κ3) is 196. The van der Waals surface area contributed by atoms with E-state index in [4.69, 9.17) is 14.2 Å². The van der Waals surface area contributed by atoms with E-state index in [2.05, 4.69) is 43.8 Å². The molecule has 1 atom stereocenters. The van der Waals surface area contributed by atoms with Gasteiger partial charge >= 0.3 is 71.4 Å². The Morgan fingerprint density at radius 1 is 0.263 bits per heavy atom. The predicted octanol–water partition coefficient (Wildman–Crippen LogP) is 9.95. The number of ether oxygens (including phenoxy) is 8. The molecule has 0 aliphatic heterocycles. The van der Waals surface area contributed by atoms with Gasteiger partial charge < -0.3 is 37.9 Å². The Morgan fingerprint density at radius 3 is 0.579 bits per heavy atom. The van der Waals surface area contributed by atoms with Gasteiger partial charge in [0.15, 0.2) is 12.2 Å². The average molecular weight is 4090 g/mol. The van der Waals surface area contributed by atoms with Crippen LogP contribution in [0.25, 0.3) is 0 Å². The SMILES string of the molecule is C=C(C)C(=O)OC(COC(=O)C(C)(F)F)COC(=O)C(C)(F)F.C=C(C)C(=O)OC1(CC)CCCC1.CCC1(OC(=O)C(C)(C)CC(C)(CC)C(=O)OC(COC(=O)C(C)(F)F)COC(=O)C(C)(F)F)CCCC1.[V].[V].[V].[V].[V].[V].[V].[V].[V].[V].[V].[V].[V].[V].[V].[V].[V].[V].[V].[V].[V].[V].[V].[V].[V].[V].[V].[V].[V].[V].[V].[V].[V].[V].[V].[V].[V].[V].[V].[V].[V].[V].[V].[V].[V].[V].[V].[V].[V].[V].[V].[V].[V].[V].[V].[V].[V].[V].[V]. The van der Waals surface area contributed by atoms with E-state index in [9.17, 15) is 73.5 Å². The van der Waals surface area contributed by atoms with E-state index in [0.29, 0.717) is 12.0 Å². The van der Waals surface area contributed by atoms with Crippen LogP contribution in [-0.2, 0) is 1170 Å².